The summed E-state index contributed by atoms with van der Waals surface area (Å²) in [7, 11) is 0. The summed E-state index contributed by atoms with van der Waals surface area (Å²) in [6, 6.07) is 2.20. The summed E-state index contributed by atoms with van der Waals surface area (Å²) in [6.07, 6.45) is 2.79. The number of aromatic nitrogens is 2. The second kappa shape index (κ2) is 8.20. The molecule has 0 bridgehead atoms. The Morgan fingerprint density at radius 2 is 2.10 bits per heavy atom. The van der Waals surface area contributed by atoms with Crippen LogP contribution in [0.3, 0.4) is 0 Å². The van der Waals surface area contributed by atoms with Crippen LogP contribution in [-0.2, 0) is 17.6 Å². The van der Waals surface area contributed by atoms with Crippen molar-refractivity contribution in [2.45, 2.75) is 46.5 Å². The molecule has 1 rings (SSSR count). The number of carboxylic acid groups (broad SMARTS) is 1. The fourth-order valence-electron chi connectivity index (χ4n) is 2.16. The maximum absolute atomic E-state index is 10.7. The Kier molecular flexibility index (Phi) is 6.60. The van der Waals surface area contributed by atoms with E-state index in [1.54, 1.807) is 6.92 Å². The Hall–Kier alpha value is -2.16. The first-order valence-corrected chi connectivity index (χ1v) is 7.30. The Balaban J connectivity index is 2.72. The maximum atomic E-state index is 10.7. The Bertz CT molecular complexity index is 537. The molecular formula is C15H22N4O2. The highest BCUT2D eigenvalue weighted by atomic mass is 16.4. The third kappa shape index (κ3) is 4.42. The van der Waals surface area contributed by atoms with E-state index >= 15 is 0 Å². The monoisotopic (exact) mass is 290 g/mol. The summed E-state index contributed by atoms with van der Waals surface area (Å²) in [4.78, 5) is 10.7. The standard InChI is InChI=1S/C15H22N4O2/c1-4-11-12(9-16)14(19-18-13(11)5-2)17-8-6-7-10(3)15(20)21/h10H,4-8H2,1-3H3,(H,17,19)(H,20,21). The number of nitrogens with one attached hydrogen (secondary N) is 1. The Labute approximate surface area is 125 Å². The van der Waals surface area contributed by atoms with Gasteiger partial charge in [-0.2, -0.15) is 10.4 Å². The number of hydrogen-bond donors (Lipinski definition) is 2. The summed E-state index contributed by atoms with van der Waals surface area (Å²) in [5.41, 5.74) is 2.35. The van der Waals surface area contributed by atoms with Crippen molar-refractivity contribution in [3.63, 3.8) is 0 Å². The van der Waals surface area contributed by atoms with E-state index in [2.05, 4.69) is 21.6 Å². The number of rotatable bonds is 8. The highest BCUT2D eigenvalue weighted by Gasteiger charge is 2.14. The lowest BCUT2D eigenvalue weighted by Crippen LogP contribution is -2.14. The smallest absolute Gasteiger partial charge is 0.306 e. The van der Waals surface area contributed by atoms with Crippen molar-refractivity contribution in [2.24, 2.45) is 5.92 Å². The molecular weight excluding hydrogens is 268 g/mol. The molecule has 1 aromatic rings. The van der Waals surface area contributed by atoms with Crippen LogP contribution in [0.1, 0.15) is 50.4 Å². The highest BCUT2D eigenvalue weighted by Crippen LogP contribution is 2.20. The van der Waals surface area contributed by atoms with E-state index in [1.807, 2.05) is 13.8 Å². The second-order valence-corrected chi connectivity index (χ2v) is 4.98. The third-order valence-corrected chi connectivity index (χ3v) is 3.49. The van der Waals surface area contributed by atoms with E-state index in [-0.39, 0.29) is 5.92 Å². The van der Waals surface area contributed by atoms with Gasteiger partial charge in [0, 0.05) is 6.54 Å². The first-order valence-electron chi connectivity index (χ1n) is 7.30. The van der Waals surface area contributed by atoms with Gasteiger partial charge >= 0.3 is 5.97 Å². The minimum absolute atomic E-state index is 0.359. The van der Waals surface area contributed by atoms with Gasteiger partial charge in [-0.05, 0) is 31.2 Å². The number of nitriles is 1. The molecule has 0 aliphatic heterocycles. The molecule has 2 N–H and O–H groups in total. The molecule has 1 aromatic heterocycles. The summed E-state index contributed by atoms with van der Waals surface area (Å²) < 4.78 is 0. The second-order valence-electron chi connectivity index (χ2n) is 4.98. The molecule has 0 fully saturated rings. The number of hydrogen-bond acceptors (Lipinski definition) is 5. The normalized spacial score (nSPS) is 11.7. The van der Waals surface area contributed by atoms with Gasteiger partial charge in [-0.15, -0.1) is 5.10 Å². The summed E-state index contributed by atoms with van der Waals surface area (Å²) >= 11 is 0. The predicted molar refractivity (Wildman–Crippen MR) is 80.0 cm³/mol. The number of aliphatic carboxylic acids is 1. The van der Waals surface area contributed by atoms with Crippen molar-refractivity contribution in [1.29, 1.82) is 5.26 Å². The van der Waals surface area contributed by atoms with Gasteiger partial charge in [0.05, 0.1) is 11.6 Å². The number of nitrogens with zero attached hydrogens (tertiary/aromatic N) is 3. The molecule has 1 atom stereocenters. The van der Waals surface area contributed by atoms with Gasteiger partial charge in [-0.1, -0.05) is 20.8 Å². The largest absolute Gasteiger partial charge is 0.481 e. The average Bonchev–Trinajstić information content (AvgIpc) is 2.49. The zero-order valence-electron chi connectivity index (χ0n) is 12.8. The van der Waals surface area contributed by atoms with Crippen LogP contribution in [-0.4, -0.2) is 27.8 Å². The van der Waals surface area contributed by atoms with Crippen LogP contribution >= 0.6 is 0 Å². The van der Waals surface area contributed by atoms with Crippen molar-refractivity contribution < 1.29 is 9.90 Å². The van der Waals surface area contributed by atoms with Crippen LogP contribution in [0, 0.1) is 17.2 Å². The molecule has 21 heavy (non-hydrogen) atoms. The molecule has 114 valence electrons. The van der Waals surface area contributed by atoms with E-state index in [0.717, 1.165) is 24.1 Å². The minimum Gasteiger partial charge on any atom is -0.481 e. The molecule has 0 saturated heterocycles. The van der Waals surface area contributed by atoms with Crippen molar-refractivity contribution in [3.8, 4) is 6.07 Å². The van der Waals surface area contributed by atoms with E-state index in [1.165, 1.54) is 0 Å². The number of aryl methyl sites for hydroxylation is 1. The number of carboxylic acids is 1. The van der Waals surface area contributed by atoms with Crippen molar-refractivity contribution in [3.05, 3.63) is 16.8 Å². The van der Waals surface area contributed by atoms with Crippen LogP contribution in [0.4, 0.5) is 5.82 Å². The van der Waals surface area contributed by atoms with Crippen LogP contribution in [0.5, 0.6) is 0 Å². The third-order valence-electron chi connectivity index (χ3n) is 3.49. The zero-order valence-corrected chi connectivity index (χ0v) is 12.8. The van der Waals surface area contributed by atoms with E-state index in [0.29, 0.717) is 30.8 Å². The van der Waals surface area contributed by atoms with Crippen molar-refractivity contribution in [2.75, 3.05) is 11.9 Å². The molecule has 6 heteroatoms. The minimum atomic E-state index is -0.784. The van der Waals surface area contributed by atoms with Gasteiger partial charge in [-0.25, -0.2) is 0 Å². The van der Waals surface area contributed by atoms with Gasteiger partial charge < -0.3 is 10.4 Å². The summed E-state index contributed by atoms with van der Waals surface area (Å²) in [5, 5.41) is 29.5. The van der Waals surface area contributed by atoms with E-state index < -0.39 is 5.97 Å². The lowest BCUT2D eigenvalue weighted by Gasteiger charge is -2.12. The molecule has 0 aliphatic rings. The number of carbonyl (C=O) groups is 1. The first kappa shape index (κ1) is 16.9. The average molecular weight is 290 g/mol. The van der Waals surface area contributed by atoms with E-state index in [9.17, 15) is 10.1 Å². The molecule has 1 heterocycles. The van der Waals surface area contributed by atoms with Crippen LogP contribution < -0.4 is 5.32 Å². The summed E-state index contributed by atoms with van der Waals surface area (Å²) in [5.74, 6) is -0.649. The zero-order chi connectivity index (χ0) is 15.8. The molecule has 0 saturated carbocycles. The van der Waals surface area contributed by atoms with Gasteiger partial charge in [0.2, 0.25) is 0 Å². The van der Waals surface area contributed by atoms with E-state index in [4.69, 9.17) is 5.11 Å². The van der Waals surface area contributed by atoms with Gasteiger partial charge in [-0.3, -0.25) is 4.79 Å². The van der Waals surface area contributed by atoms with Gasteiger partial charge in [0.15, 0.2) is 5.82 Å². The summed E-state index contributed by atoms with van der Waals surface area (Å²) in [6.45, 7) is 6.25. The highest BCUT2D eigenvalue weighted by molar-refractivity contribution is 5.69. The quantitative estimate of drug-likeness (QED) is 0.713. The van der Waals surface area contributed by atoms with Crippen molar-refractivity contribution in [1.82, 2.24) is 10.2 Å². The SMILES string of the molecule is CCc1nnc(NCCCC(C)C(=O)O)c(C#N)c1CC. The van der Waals surface area contributed by atoms with Crippen LogP contribution in [0.25, 0.3) is 0 Å². The molecule has 6 nitrogen and oxygen atoms in total. The lowest BCUT2D eigenvalue weighted by molar-refractivity contribution is -0.141. The fraction of sp³-hybridized carbons (Fsp3) is 0.600. The molecule has 0 aromatic carbocycles. The first-order chi connectivity index (χ1) is 10.0. The molecule has 1 unspecified atom stereocenters. The van der Waals surface area contributed by atoms with Crippen LogP contribution in [0.2, 0.25) is 0 Å². The molecule has 0 amide bonds. The maximum Gasteiger partial charge on any atom is 0.306 e. The Morgan fingerprint density at radius 1 is 1.38 bits per heavy atom. The Morgan fingerprint density at radius 3 is 2.62 bits per heavy atom. The predicted octanol–water partition coefficient (Wildman–Crippen LogP) is 2.39. The van der Waals surface area contributed by atoms with Crippen LogP contribution in [0.15, 0.2) is 0 Å². The molecule has 0 radical (unpaired) electrons. The number of anilines is 1. The molecule has 0 spiro atoms. The van der Waals surface area contributed by atoms with Gasteiger partial charge in [0.1, 0.15) is 11.6 Å². The fourth-order valence-corrected chi connectivity index (χ4v) is 2.16. The topological polar surface area (TPSA) is 98.9 Å². The van der Waals surface area contributed by atoms with Gasteiger partial charge in [0.25, 0.3) is 0 Å². The lowest BCUT2D eigenvalue weighted by atomic mass is 10.0. The molecule has 0 aliphatic carbocycles. The van der Waals surface area contributed by atoms with Crippen molar-refractivity contribution >= 4 is 11.8 Å².